The van der Waals surface area contributed by atoms with Gasteiger partial charge in [-0.05, 0) is 12.1 Å². The number of para-hydroxylation sites is 1. The largest absolute Gasteiger partial charge is 0.456 e. The summed E-state index contributed by atoms with van der Waals surface area (Å²) in [7, 11) is 1.60. The smallest absolute Gasteiger partial charge is 0.169 e. The van der Waals surface area contributed by atoms with Crippen LogP contribution in [0.4, 0.5) is 4.39 Å². The number of nitrogens with two attached hydrogens (primary N) is 1. The molecule has 0 saturated heterocycles. The summed E-state index contributed by atoms with van der Waals surface area (Å²) in [4.78, 5) is 0. The first-order valence-electron chi connectivity index (χ1n) is 5.72. The summed E-state index contributed by atoms with van der Waals surface area (Å²) in [5, 5.41) is 0.706. The second-order valence-corrected chi connectivity index (χ2v) is 3.98. The molecule has 0 spiro atoms. The Morgan fingerprint density at radius 2 is 2.22 bits per heavy atom. The number of halogens is 1. The summed E-state index contributed by atoms with van der Waals surface area (Å²) < 4.78 is 29.0. The number of benzene rings is 1. The van der Waals surface area contributed by atoms with Crippen LogP contribution in [0.15, 0.2) is 28.7 Å². The number of fused-ring (bicyclic) bond motifs is 1. The summed E-state index contributed by atoms with van der Waals surface area (Å²) >= 11 is 0. The summed E-state index contributed by atoms with van der Waals surface area (Å²) in [5.41, 5.74) is 6.15. The van der Waals surface area contributed by atoms with E-state index in [1.54, 1.807) is 25.3 Å². The Morgan fingerprint density at radius 1 is 1.39 bits per heavy atom. The van der Waals surface area contributed by atoms with Gasteiger partial charge in [-0.1, -0.05) is 12.1 Å². The van der Waals surface area contributed by atoms with Crippen molar-refractivity contribution in [2.75, 3.05) is 26.9 Å². The molecule has 5 heteroatoms. The van der Waals surface area contributed by atoms with Crippen molar-refractivity contribution in [2.24, 2.45) is 5.73 Å². The fraction of sp³-hybridized carbons (Fsp3) is 0.385. The van der Waals surface area contributed by atoms with Crippen LogP contribution < -0.4 is 5.73 Å². The first-order valence-corrected chi connectivity index (χ1v) is 5.72. The van der Waals surface area contributed by atoms with E-state index in [9.17, 15) is 4.39 Å². The maximum Gasteiger partial charge on any atom is 0.169 e. The number of hydrogen-bond donors (Lipinski definition) is 1. The van der Waals surface area contributed by atoms with Crippen molar-refractivity contribution in [1.29, 1.82) is 0 Å². The number of hydrogen-bond acceptors (Lipinski definition) is 4. The highest BCUT2D eigenvalue weighted by molar-refractivity contribution is 5.78. The van der Waals surface area contributed by atoms with Gasteiger partial charge in [0.25, 0.3) is 0 Å². The highest BCUT2D eigenvalue weighted by Crippen LogP contribution is 2.25. The molecule has 0 aliphatic heterocycles. The molecule has 1 aromatic carbocycles. The van der Waals surface area contributed by atoms with Gasteiger partial charge in [-0.25, -0.2) is 4.39 Å². The van der Waals surface area contributed by atoms with Crippen LogP contribution in [-0.2, 0) is 9.47 Å². The van der Waals surface area contributed by atoms with Crippen LogP contribution in [0.5, 0.6) is 0 Å². The third-order valence-corrected chi connectivity index (χ3v) is 2.61. The Hall–Kier alpha value is -1.43. The standard InChI is InChI=1S/C13H16FNO3/c1-16-5-6-17-8-11(15)12-7-9-3-2-4-10(14)13(9)18-12/h2-4,7,11H,5-6,8,15H2,1H3. The molecule has 0 bridgehead atoms. The van der Waals surface area contributed by atoms with E-state index >= 15 is 0 Å². The third-order valence-electron chi connectivity index (χ3n) is 2.61. The molecular formula is C13H16FNO3. The van der Waals surface area contributed by atoms with Gasteiger partial charge in [-0.15, -0.1) is 0 Å². The SMILES string of the molecule is COCCOCC(N)c1cc2cccc(F)c2o1. The Labute approximate surface area is 104 Å². The lowest BCUT2D eigenvalue weighted by Gasteiger charge is -2.08. The second-order valence-electron chi connectivity index (χ2n) is 3.98. The zero-order valence-electron chi connectivity index (χ0n) is 10.2. The number of furan rings is 1. The average molecular weight is 253 g/mol. The van der Waals surface area contributed by atoms with Gasteiger partial charge in [0.1, 0.15) is 5.76 Å². The van der Waals surface area contributed by atoms with Crippen LogP contribution in [0, 0.1) is 5.82 Å². The molecule has 18 heavy (non-hydrogen) atoms. The lowest BCUT2D eigenvalue weighted by molar-refractivity contribution is 0.0612. The Morgan fingerprint density at radius 3 is 2.94 bits per heavy atom. The van der Waals surface area contributed by atoms with Gasteiger partial charge in [0.05, 0.1) is 25.9 Å². The highest BCUT2D eigenvalue weighted by Gasteiger charge is 2.14. The van der Waals surface area contributed by atoms with Gasteiger partial charge in [-0.2, -0.15) is 0 Å². The van der Waals surface area contributed by atoms with E-state index in [4.69, 9.17) is 19.6 Å². The summed E-state index contributed by atoms with van der Waals surface area (Å²) in [6, 6.07) is 6.11. The second kappa shape index (κ2) is 5.95. The third kappa shape index (κ3) is 2.87. The number of rotatable bonds is 6. The van der Waals surface area contributed by atoms with E-state index in [0.717, 1.165) is 0 Å². The van der Waals surface area contributed by atoms with E-state index in [1.165, 1.54) is 6.07 Å². The molecular weight excluding hydrogens is 237 g/mol. The molecule has 2 N–H and O–H groups in total. The van der Waals surface area contributed by atoms with E-state index < -0.39 is 6.04 Å². The lowest BCUT2D eigenvalue weighted by atomic mass is 10.2. The van der Waals surface area contributed by atoms with E-state index in [0.29, 0.717) is 31.0 Å². The van der Waals surface area contributed by atoms with Crippen molar-refractivity contribution in [2.45, 2.75) is 6.04 Å². The molecule has 2 aromatic rings. The maximum atomic E-state index is 13.4. The summed E-state index contributed by atoms with van der Waals surface area (Å²) in [6.07, 6.45) is 0. The Balaban J connectivity index is 2.04. The van der Waals surface area contributed by atoms with Crippen molar-refractivity contribution in [1.82, 2.24) is 0 Å². The van der Waals surface area contributed by atoms with Crippen molar-refractivity contribution >= 4 is 11.0 Å². The highest BCUT2D eigenvalue weighted by atomic mass is 19.1. The maximum absolute atomic E-state index is 13.4. The predicted octanol–water partition coefficient (Wildman–Crippen LogP) is 2.23. The molecule has 0 amide bonds. The molecule has 0 saturated carbocycles. The van der Waals surface area contributed by atoms with E-state index in [1.807, 2.05) is 0 Å². The van der Waals surface area contributed by atoms with Crippen molar-refractivity contribution in [3.05, 3.63) is 35.8 Å². The molecule has 0 aliphatic rings. The molecule has 1 heterocycles. The molecule has 4 nitrogen and oxygen atoms in total. The molecule has 0 radical (unpaired) electrons. The Kier molecular flexibility index (Phi) is 4.30. The van der Waals surface area contributed by atoms with E-state index in [2.05, 4.69) is 0 Å². The van der Waals surface area contributed by atoms with Crippen LogP contribution in [0.3, 0.4) is 0 Å². The van der Waals surface area contributed by atoms with Gasteiger partial charge in [0.2, 0.25) is 0 Å². The first-order chi connectivity index (χ1) is 8.72. The minimum Gasteiger partial charge on any atom is -0.456 e. The van der Waals surface area contributed by atoms with Crippen molar-refractivity contribution in [3.63, 3.8) is 0 Å². The van der Waals surface area contributed by atoms with E-state index in [-0.39, 0.29) is 11.4 Å². The molecule has 1 atom stereocenters. The van der Waals surface area contributed by atoms with Gasteiger partial charge in [-0.3, -0.25) is 0 Å². The number of methoxy groups -OCH3 is 1. The lowest BCUT2D eigenvalue weighted by Crippen LogP contribution is -2.17. The topological polar surface area (TPSA) is 57.6 Å². The van der Waals surface area contributed by atoms with Crippen LogP contribution in [0.1, 0.15) is 11.8 Å². The zero-order valence-corrected chi connectivity index (χ0v) is 10.2. The van der Waals surface area contributed by atoms with Gasteiger partial charge in [0.15, 0.2) is 11.4 Å². The monoisotopic (exact) mass is 253 g/mol. The van der Waals surface area contributed by atoms with Crippen LogP contribution in [0.25, 0.3) is 11.0 Å². The van der Waals surface area contributed by atoms with Gasteiger partial charge >= 0.3 is 0 Å². The molecule has 1 aromatic heterocycles. The minimum absolute atomic E-state index is 0.236. The fourth-order valence-corrected chi connectivity index (χ4v) is 1.66. The normalized spacial score (nSPS) is 13.1. The quantitative estimate of drug-likeness (QED) is 0.802. The predicted molar refractivity (Wildman–Crippen MR) is 65.8 cm³/mol. The average Bonchev–Trinajstić information content (AvgIpc) is 2.80. The molecule has 2 rings (SSSR count). The molecule has 98 valence electrons. The van der Waals surface area contributed by atoms with Crippen LogP contribution >= 0.6 is 0 Å². The summed E-state index contributed by atoms with van der Waals surface area (Å²) in [6.45, 7) is 1.30. The van der Waals surface area contributed by atoms with Gasteiger partial charge in [0, 0.05) is 12.5 Å². The number of ether oxygens (including phenoxy) is 2. The summed E-state index contributed by atoms with van der Waals surface area (Å²) in [5.74, 6) is 0.138. The molecule has 1 unspecified atom stereocenters. The minimum atomic E-state index is -0.409. The molecule has 0 fully saturated rings. The van der Waals surface area contributed by atoms with Crippen molar-refractivity contribution in [3.8, 4) is 0 Å². The first kappa shape index (κ1) is 13.0. The fourth-order valence-electron chi connectivity index (χ4n) is 1.66. The zero-order chi connectivity index (χ0) is 13.0. The van der Waals surface area contributed by atoms with Crippen LogP contribution in [0.2, 0.25) is 0 Å². The van der Waals surface area contributed by atoms with Crippen LogP contribution in [-0.4, -0.2) is 26.9 Å². The van der Waals surface area contributed by atoms with Gasteiger partial charge < -0.3 is 19.6 Å². The van der Waals surface area contributed by atoms with Crippen molar-refractivity contribution < 1.29 is 18.3 Å². The molecule has 0 aliphatic carbocycles. The Bertz CT molecular complexity index is 512.